The van der Waals surface area contributed by atoms with E-state index in [1.165, 1.54) is 12.1 Å². The summed E-state index contributed by atoms with van der Waals surface area (Å²) in [6.45, 7) is 0.708. The van der Waals surface area contributed by atoms with E-state index in [-0.39, 0.29) is 6.54 Å². The maximum atomic E-state index is 12.4. The zero-order valence-electron chi connectivity index (χ0n) is 11.4. The van der Waals surface area contributed by atoms with E-state index < -0.39 is 17.8 Å². The minimum absolute atomic E-state index is 0.234. The van der Waals surface area contributed by atoms with Crippen molar-refractivity contribution in [2.24, 2.45) is 7.05 Å². The van der Waals surface area contributed by atoms with E-state index in [2.05, 4.69) is 10.3 Å². The highest BCUT2D eigenvalue weighted by molar-refractivity contribution is 5.26. The van der Waals surface area contributed by atoms with Crippen LogP contribution in [0, 0.1) is 0 Å². The van der Waals surface area contributed by atoms with E-state index in [0.717, 1.165) is 18.0 Å². The van der Waals surface area contributed by atoms with Gasteiger partial charge in [-0.25, -0.2) is 4.98 Å². The van der Waals surface area contributed by atoms with Gasteiger partial charge < -0.3 is 15.0 Å². The van der Waals surface area contributed by atoms with Crippen molar-refractivity contribution in [2.75, 3.05) is 6.54 Å². The lowest BCUT2D eigenvalue weighted by atomic mass is 10.1. The second-order valence-corrected chi connectivity index (χ2v) is 4.72. The molecule has 7 heteroatoms. The number of imidazole rings is 1. The molecular formula is C14H16F3N3O. The molecule has 2 aromatic rings. The van der Waals surface area contributed by atoms with Crippen LogP contribution in [0.25, 0.3) is 0 Å². The van der Waals surface area contributed by atoms with E-state index in [1.54, 1.807) is 6.20 Å². The Morgan fingerprint density at radius 2 is 1.95 bits per heavy atom. The number of aliphatic hydroxyl groups excluding tert-OH is 1. The molecule has 1 aromatic heterocycles. The van der Waals surface area contributed by atoms with Crippen LogP contribution >= 0.6 is 0 Å². The van der Waals surface area contributed by atoms with Crippen LogP contribution in [-0.4, -0.2) is 21.2 Å². The molecule has 0 fully saturated rings. The summed E-state index contributed by atoms with van der Waals surface area (Å²) in [6, 6.07) is 4.51. The molecule has 1 heterocycles. The summed E-state index contributed by atoms with van der Waals surface area (Å²) in [5.41, 5.74) is -0.283. The Bertz CT molecular complexity index is 578. The first kappa shape index (κ1) is 15.5. The van der Waals surface area contributed by atoms with Crippen LogP contribution in [0.2, 0.25) is 0 Å². The molecule has 0 radical (unpaired) electrons. The maximum absolute atomic E-state index is 12.4. The average Bonchev–Trinajstić information content (AvgIpc) is 2.83. The summed E-state index contributed by atoms with van der Waals surface area (Å²) in [6.07, 6.45) is -1.75. The maximum Gasteiger partial charge on any atom is 0.416 e. The number of rotatable bonds is 5. The molecule has 21 heavy (non-hydrogen) atoms. The van der Waals surface area contributed by atoms with Gasteiger partial charge in [-0.3, -0.25) is 0 Å². The molecule has 0 aliphatic carbocycles. The van der Waals surface area contributed by atoms with E-state index in [9.17, 15) is 18.3 Å². The summed E-state index contributed by atoms with van der Waals surface area (Å²) in [5, 5.41) is 13.0. The van der Waals surface area contributed by atoms with Gasteiger partial charge in [0.15, 0.2) is 0 Å². The topological polar surface area (TPSA) is 50.1 Å². The first-order chi connectivity index (χ1) is 9.88. The van der Waals surface area contributed by atoms with Gasteiger partial charge in [-0.1, -0.05) is 12.1 Å². The second-order valence-electron chi connectivity index (χ2n) is 4.72. The van der Waals surface area contributed by atoms with Crippen molar-refractivity contribution in [3.05, 3.63) is 53.6 Å². The number of hydrogen-bond acceptors (Lipinski definition) is 3. The number of alkyl halides is 3. The summed E-state index contributed by atoms with van der Waals surface area (Å²) in [7, 11) is 1.86. The number of hydrogen-bond donors (Lipinski definition) is 2. The quantitative estimate of drug-likeness (QED) is 0.890. The van der Waals surface area contributed by atoms with Crippen LogP contribution < -0.4 is 5.32 Å². The number of halogens is 3. The van der Waals surface area contributed by atoms with Crippen molar-refractivity contribution in [2.45, 2.75) is 18.8 Å². The number of nitrogens with zero attached hydrogens (tertiary/aromatic N) is 2. The number of aryl methyl sites for hydroxylation is 1. The Balaban J connectivity index is 1.88. The lowest BCUT2D eigenvalue weighted by molar-refractivity contribution is -0.137. The Morgan fingerprint density at radius 3 is 2.48 bits per heavy atom. The van der Waals surface area contributed by atoms with Crippen molar-refractivity contribution in [1.29, 1.82) is 0 Å². The molecule has 0 saturated heterocycles. The van der Waals surface area contributed by atoms with Crippen molar-refractivity contribution < 1.29 is 18.3 Å². The minimum Gasteiger partial charge on any atom is -0.387 e. The summed E-state index contributed by atoms with van der Waals surface area (Å²) >= 11 is 0. The molecule has 0 amide bonds. The van der Waals surface area contributed by atoms with E-state index >= 15 is 0 Å². The lowest BCUT2D eigenvalue weighted by Crippen LogP contribution is -2.22. The highest BCUT2D eigenvalue weighted by Gasteiger charge is 2.30. The molecule has 1 unspecified atom stereocenters. The standard InChI is InChI=1S/C14H16F3N3O/c1-20-7-6-19-13(20)9-18-8-12(21)10-2-4-11(5-3-10)14(15,16)17/h2-7,12,18,21H,8-9H2,1H3. The van der Waals surface area contributed by atoms with Crippen LogP contribution in [0.4, 0.5) is 13.2 Å². The fourth-order valence-electron chi connectivity index (χ4n) is 1.90. The molecule has 2 rings (SSSR count). The number of benzene rings is 1. The molecule has 2 N–H and O–H groups in total. The minimum atomic E-state index is -4.36. The van der Waals surface area contributed by atoms with Gasteiger partial charge in [0.1, 0.15) is 5.82 Å². The van der Waals surface area contributed by atoms with Gasteiger partial charge in [0.05, 0.1) is 18.2 Å². The molecule has 0 bridgehead atoms. The number of nitrogens with one attached hydrogen (secondary N) is 1. The highest BCUT2D eigenvalue weighted by Crippen LogP contribution is 2.29. The summed E-state index contributed by atoms with van der Waals surface area (Å²) in [5.74, 6) is 0.814. The molecule has 4 nitrogen and oxygen atoms in total. The SMILES string of the molecule is Cn1ccnc1CNCC(O)c1ccc(C(F)(F)F)cc1. The van der Waals surface area contributed by atoms with Crippen molar-refractivity contribution in [1.82, 2.24) is 14.9 Å². The largest absolute Gasteiger partial charge is 0.416 e. The van der Waals surface area contributed by atoms with E-state index in [1.807, 2.05) is 17.8 Å². The van der Waals surface area contributed by atoms with Gasteiger partial charge >= 0.3 is 6.18 Å². The Labute approximate surface area is 120 Å². The number of aliphatic hydroxyl groups is 1. The van der Waals surface area contributed by atoms with Gasteiger partial charge in [0.2, 0.25) is 0 Å². The molecule has 1 aromatic carbocycles. The normalized spacial score (nSPS) is 13.4. The fraction of sp³-hybridized carbons (Fsp3) is 0.357. The third-order valence-corrected chi connectivity index (χ3v) is 3.16. The monoisotopic (exact) mass is 299 g/mol. The van der Waals surface area contributed by atoms with Crippen molar-refractivity contribution in [3.8, 4) is 0 Å². The Kier molecular flexibility index (Phi) is 4.64. The fourth-order valence-corrected chi connectivity index (χ4v) is 1.90. The third-order valence-electron chi connectivity index (χ3n) is 3.16. The average molecular weight is 299 g/mol. The van der Waals surface area contributed by atoms with Crippen LogP contribution in [0.5, 0.6) is 0 Å². The Morgan fingerprint density at radius 1 is 1.29 bits per heavy atom. The van der Waals surface area contributed by atoms with E-state index in [4.69, 9.17) is 0 Å². The first-order valence-electron chi connectivity index (χ1n) is 6.40. The highest BCUT2D eigenvalue weighted by atomic mass is 19.4. The van der Waals surface area contributed by atoms with Crippen molar-refractivity contribution in [3.63, 3.8) is 0 Å². The zero-order chi connectivity index (χ0) is 15.5. The lowest BCUT2D eigenvalue weighted by Gasteiger charge is -2.13. The van der Waals surface area contributed by atoms with Gasteiger partial charge in [0, 0.05) is 26.0 Å². The summed E-state index contributed by atoms with van der Waals surface area (Å²) in [4.78, 5) is 4.12. The summed E-state index contributed by atoms with van der Waals surface area (Å²) < 4.78 is 39.1. The smallest absolute Gasteiger partial charge is 0.387 e. The molecule has 0 spiro atoms. The molecule has 0 aliphatic rings. The van der Waals surface area contributed by atoms with Gasteiger partial charge in [-0.05, 0) is 17.7 Å². The molecule has 114 valence electrons. The van der Waals surface area contributed by atoms with Crippen LogP contribution in [0.3, 0.4) is 0 Å². The molecule has 1 atom stereocenters. The molecule has 0 aliphatic heterocycles. The predicted molar refractivity (Wildman–Crippen MR) is 71.3 cm³/mol. The van der Waals surface area contributed by atoms with Crippen LogP contribution in [0.1, 0.15) is 23.1 Å². The van der Waals surface area contributed by atoms with E-state index in [0.29, 0.717) is 12.1 Å². The third kappa shape index (κ3) is 4.05. The zero-order valence-corrected chi connectivity index (χ0v) is 11.4. The predicted octanol–water partition coefficient (Wildman–Crippen LogP) is 2.26. The molecular weight excluding hydrogens is 283 g/mol. The Hall–Kier alpha value is -1.86. The molecule has 0 saturated carbocycles. The van der Waals surface area contributed by atoms with Crippen LogP contribution in [0.15, 0.2) is 36.7 Å². The second kappa shape index (κ2) is 6.28. The van der Waals surface area contributed by atoms with Gasteiger partial charge in [-0.15, -0.1) is 0 Å². The number of aromatic nitrogens is 2. The first-order valence-corrected chi connectivity index (χ1v) is 6.40. The van der Waals surface area contributed by atoms with Gasteiger partial charge in [-0.2, -0.15) is 13.2 Å². The van der Waals surface area contributed by atoms with Crippen molar-refractivity contribution >= 4 is 0 Å². The van der Waals surface area contributed by atoms with Crippen LogP contribution in [-0.2, 0) is 19.8 Å². The van der Waals surface area contributed by atoms with Gasteiger partial charge in [0.25, 0.3) is 0 Å².